The Balaban J connectivity index is 1.90. The van der Waals surface area contributed by atoms with Gasteiger partial charge in [0.05, 0.1) is 0 Å². The number of nitrogens with one attached hydrogen (secondary N) is 1. The Morgan fingerprint density at radius 1 is 1.09 bits per heavy atom. The molecular formula is C17H15N3O2. The molecule has 0 radical (unpaired) electrons. The van der Waals surface area contributed by atoms with E-state index >= 15 is 0 Å². The van der Waals surface area contributed by atoms with Crippen molar-refractivity contribution < 1.29 is 4.79 Å². The van der Waals surface area contributed by atoms with E-state index in [9.17, 15) is 9.59 Å². The van der Waals surface area contributed by atoms with Gasteiger partial charge in [0.1, 0.15) is 6.04 Å². The van der Waals surface area contributed by atoms with Crippen molar-refractivity contribution in [1.82, 2.24) is 9.78 Å². The summed E-state index contributed by atoms with van der Waals surface area (Å²) in [4.78, 5) is 24.1. The molecule has 0 aliphatic heterocycles. The molecule has 0 saturated carbocycles. The summed E-state index contributed by atoms with van der Waals surface area (Å²) in [5, 5.41) is 8.82. The van der Waals surface area contributed by atoms with Crippen LogP contribution in [0.3, 0.4) is 0 Å². The minimum atomic E-state index is -0.687. The summed E-state index contributed by atoms with van der Waals surface area (Å²) in [6.07, 6.45) is 1.49. The van der Waals surface area contributed by atoms with Crippen molar-refractivity contribution >= 4 is 22.4 Å². The summed E-state index contributed by atoms with van der Waals surface area (Å²) in [7, 11) is 0. The Bertz CT molecular complexity index is 881. The van der Waals surface area contributed by atoms with Gasteiger partial charge in [-0.05, 0) is 24.4 Å². The summed E-state index contributed by atoms with van der Waals surface area (Å²) < 4.78 is 1.17. The van der Waals surface area contributed by atoms with Gasteiger partial charge in [0.25, 0.3) is 5.56 Å². The topological polar surface area (TPSA) is 64.0 Å². The number of rotatable bonds is 3. The molecule has 5 heteroatoms. The van der Waals surface area contributed by atoms with Gasteiger partial charge in [0.2, 0.25) is 5.91 Å². The van der Waals surface area contributed by atoms with Crippen molar-refractivity contribution in [3.05, 3.63) is 71.1 Å². The van der Waals surface area contributed by atoms with Crippen molar-refractivity contribution in [2.45, 2.75) is 13.0 Å². The summed E-state index contributed by atoms with van der Waals surface area (Å²) in [6, 6.07) is 15.8. The van der Waals surface area contributed by atoms with Crippen LogP contribution in [0.5, 0.6) is 0 Å². The summed E-state index contributed by atoms with van der Waals surface area (Å²) in [5.41, 5.74) is 0.419. The highest BCUT2D eigenvalue weighted by Crippen LogP contribution is 2.23. The fourth-order valence-electron chi connectivity index (χ4n) is 2.34. The van der Waals surface area contributed by atoms with E-state index in [1.165, 1.54) is 16.9 Å². The number of hydrogen-bond donors (Lipinski definition) is 1. The molecule has 0 spiro atoms. The van der Waals surface area contributed by atoms with Gasteiger partial charge in [-0.25, -0.2) is 4.68 Å². The Morgan fingerprint density at radius 2 is 1.86 bits per heavy atom. The van der Waals surface area contributed by atoms with E-state index in [0.717, 1.165) is 16.5 Å². The number of carbonyl (C=O) groups excluding carboxylic acids is 1. The van der Waals surface area contributed by atoms with Gasteiger partial charge < -0.3 is 5.32 Å². The standard InChI is InChI=1S/C17H15N3O2/c1-12(20-16(21)10-5-11-18-20)17(22)19-15-9-4-7-13-6-2-3-8-14(13)15/h2-12H,1H3,(H,19,22). The summed E-state index contributed by atoms with van der Waals surface area (Å²) in [6.45, 7) is 1.65. The molecule has 110 valence electrons. The predicted molar refractivity (Wildman–Crippen MR) is 85.8 cm³/mol. The number of aromatic nitrogens is 2. The van der Waals surface area contributed by atoms with Crippen LogP contribution >= 0.6 is 0 Å². The van der Waals surface area contributed by atoms with E-state index in [1.54, 1.807) is 13.0 Å². The molecule has 1 amide bonds. The minimum absolute atomic E-state index is 0.280. The molecule has 1 unspecified atom stereocenters. The van der Waals surface area contributed by atoms with Crippen molar-refractivity contribution in [2.24, 2.45) is 0 Å². The lowest BCUT2D eigenvalue weighted by Crippen LogP contribution is -2.32. The maximum atomic E-state index is 12.4. The maximum absolute atomic E-state index is 12.4. The lowest BCUT2D eigenvalue weighted by atomic mass is 10.1. The molecule has 1 aromatic heterocycles. The van der Waals surface area contributed by atoms with Crippen LogP contribution in [0.15, 0.2) is 65.6 Å². The Kier molecular flexibility index (Phi) is 3.70. The van der Waals surface area contributed by atoms with Crippen LogP contribution < -0.4 is 10.9 Å². The molecule has 0 saturated heterocycles. The predicted octanol–water partition coefficient (Wildman–Crippen LogP) is 2.60. The van der Waals surface area contributed by atoms with Crippen LogP contribution in [-0.2, 0) is 4.79 Å². The molecular weight excluding hydrogens is 278 g/mol. The van der Waals surface area contributed by atoms with E-state index in [1.807, 2.05) is 42.5 Å². The highest BCUT2D eigenvalue weighted by Gasteiger charge is 2.17. The number of hydrogen-bond acceptors (Lipinski definition) is 3. The molecule has 0 aliphatic rings. The van der Waals surface area contributed by atoms with E-state index in [2.05, 4.69) is 10.4 Å². The fourth-order valence-corrected chi connectivity index (χ4v) is 2.34. The molecule has 3 aromatic rings. The van der Waals surface area contributed by atoms with Crippen LogP contribution in [0.2, 0.25) is 0 Å². The van der Waals surface area contributed by atoms with E-state index in [0.29, 0.717) is 0 Å². The smallest absolute Gasteiger partial charge is 0.267 e. The van der Waals surface area contributed by atoms with Gasteiger partial charge in [-0.1, -0.05) is 36.4 Å². The second kappa shape index (κ2) is 5.81. The van der Waals surface area contributed by atoms with Crippen molar-refractivity contribution in [3.63, 3.8) is 0 Å². The Labute approximate surface area is 127 Å². The highest BCUT2D eigenvalue weighted by atomic mass is 16.2. The number of anilines is 1. The summed E-state index contributed by atoms with van der Waals surface area (Å²) in [5.74, 6) is -0.280. The van der Waals surface area contributed by atoms with Crippen LogP contribution in [0, 0.1) is 0 Å². The Morgan fingerprint density at radius 3 is 2.68 bits per heavy atom. The first-order valence-electron chi connectivity index (χ1n) is 6.99. The monoisotopic (exact) mass is 293 g/mol. The second-order valence-electron chi connectivity index (χ2n) is 5.00. The first-order chi connectivity index (χ1) is 10.7. The maximum Gasteiger partial charge on any atom is 0.267 e. The zero-order chi connectivity index (χ0) is 15.5. The highest BCUT2D eigenvalue weighted by molar-refractivity contribution is 6.03. The van der Waals surface area contributed by atoms with Crippen molar-refractivity contribution in [2.75, 3.05) is 5.32 Å². The molecule has 1 atom stereocenters. The van der Waals surface area contributed by atoms with Crippen molar-refractivity contribution in [1.29, 1.82) is 0 Å². The number of benzene rings is 2. The number of carbonyl (C=O) groups is 1. The van der Waals surface area contributed by atoms with Crippen LogP contribution in [0.4, 0.5) is 5.69 Å². The van der Waals surface area contributed by atoms with Crippen LogP contribution in [0.1, 0.15) is 13.0 Å². The van der Waals surface area contributed by atoms with Crippen molar-refractivity contribution in [3.8, 4) is 0 Å². The van der Waals surface area contributed by atoms with Gasteiger partial charge in [-0.15, -0.1) is 0 Å². The van der Waals surface area contributed by atoms with E-state index in [-0.39, 0.29) is 11.5 Å². The molecule has 1 heterocycles. The SMILES string of the molecule is CC(C(=O)Nc1cccc2ccccc12)n1ncccc1=O. The third-order valence-electron chi connectivity index (χ3n) is 3.54. The zero-order valence-electron chi connectivity index (χ0n) is 12.1. The third kappa shape index (κ3) is 2.61. The van der Waals surface area contributed by atoms with E-state index < -0.39 is 6.04 Å². The van der Waals surface area contributed by atoms with Crippen LogP contribution in [-0.4, -0.2) is 15.7 Å². The summed E-state index contributed by atoms with van der Waals surface area (Å²) >= 11 is 0. The molecule has 22 heavy (non-hydrogen) atoms. The average Bonchev–Trinajstić information content (AvgIpc) is 2.55. The molecule has 0 aliphatic carbocycles. The lowest BCUT2D eigenvalue weighted by Gasteiger charge is -2.14. The first kappa shape index (κ1) is 14.0. The quantitative estimate of drug-likeness (QED) is 0.807. The molecule has 1 N–H and O–H groups in total. The number of fused-ring (bicyclic) bond motifs is 1. The van der Waals surface area contributed by atoms with Gasteiger partial charge in [0.15, 0.2) is 0 Å². The largest absolute Gasteiger partial charge is 0.324 e. The van der Waals surface area contributed by atoms with Crippen LogP contribution in [0.25, 0.3) is 10.8 Å². The lowest BCUT2D eigenvalue weighted by molar-refractivity contribution is -0.119. The normalized spacial score (nSPS) is 12.0. The fraction of sp³-hybridized carbons (Fsp3) is 0.118. The molecule has 5 nitrogen and oxygen atoms in total. The number of nitrogens with zero attached hydrogens (tertiary/aromatic N) is 2. The molecule has 0 bridgehead atoms. The van der Waals surface area contributed by atoms with Gasteiger partial charge in [0, 0.05) is 23.3 Å². The van der Waals surface area contributed by atoms with Gasteiger partial charge in [-0.3, -0.25) is 9.59 Å². The third-order valence-corrected chi connectivity index (χ3v) is 3.54. The van der Waals surface area contributed by atoms with Gasteiger partial charge >= 0.3 is 0 Å². The molecule has 3 rings (SSSR count). The second-order valence-corrected chi connectivity index (χ2v) is 5.00. The molecule has 2 aromatic carbocycles. The first-order valence-corrected chi connectivity index (χ1v) is 6.99. The zero-order valence-corrected chi connectivity index (χ0v) is 12.1. The molecule has 0 fully saturated rings. The average molecular weight is 293 g/mol. The van der Waals surface area contributed by atoms with Gasteiger partial charge in [-0.2, -0.15) is 5.10 Å². The Hall–Kier alpha value is -2.95. The number of amides is 1. The minimum Gasteiger partial charge on any atom is -0.324 e. The van der Waals surface area contributed by atoms with E-state index in [4.69, 9.17) is 0 Å².